The van der Waals surface area contributed by atoms with Gasteiger partial charge >= 0.3 is 6.18 Å². The fourth-order valence-electron chi connectivity index (χ4n) is 3.79. The Morgan fingerprint density at radius 2 is 1.75 bits per heavy atom. The molecule has 156 valence electrons. The summed E-state index contributed by atoms with van der Waals surface area (Å²) in [6, 6.07) is 3.48. The molecule has 0 N–H and O–H groups in total. The molecular weight excluding hydrogens is 399 g/mol. The van der Waals surface area contributed by atoms with Gasteiger partial charge in [-0.25, -0.2) is 8.42 Å². The first-order valence-corrected chi connectivity index (χ1v) is 10.6. The molecule has 1 aromatic rings. The van der Waals surface area contributed by atoms with Crippen LogP contribution in [-0.2, 0) is 10.0 Å². The van der Waals surface area contributed by atoms with Crippen molar-refractivity contribution in [3.63, 3.8) is 0 Å². The number of nitro benzene ring substituents is 1. The van der Waals surface area contributed by atoms with Gasteiger partial charge in [-0.2, -0.15) is 17.5 Å². The third-order valence-corrected chi connectivity index (χ3v) is 7.22. The molecule has 1 aromatic carbocycles. The molecule has 0 saturated carbocycles. The molecule has 3 rings (SSSR count). The molecule has 0 amide bonds. The highest BCUT2D eigenvalue weighted by Crippen LogP contribution is 2.38. The second-order valence-electron chi connectivity index (χ2n) is 7.20. The fourth-order valence-corrected chi connectivity index (χ4v) is 5.33. The molecule has 0 radical (unpaired) electrons. The molecule has 1 atom stereocenters. The van der Waals surface area contributed by atoms with Crippen molar-refractivity contribution in [3.05, 3.63) is 28.3 Å². The number of nitrogens with zero attached hydrogens (tertiary/aromatic N) is 3. The zero-order chi connectivity index (χ0) is 20.5. The first-order valence-electron chi connectivity index (χ1n) is 9.21. The second kappa shape index (κ2) is 7.86. The maximum absolute atomic E-state index is 13.1. The minimum atomic E-state index is -4.37. The smallest absolute Gasteiger partial charge is 0.365 e. The topological polar surface area (TPSA) is 83.8 Å². The molecule has 0 spiro atoms. The Morgan fingerprint density at radius 1 is 1.07 bits per heavy atom. The van der Waals surface area contributed by atoms with Crippen molar-refractivity contribution in [2.24, 2.45) is 5.92 Å². The van der Waals surface area contributed by atoms with Crippen molar-refractivity contribution in [3.8, 4) is 0 Å². The lowest BCUT2D eigenvalue weighted by atomic mass is 9.97. The Balaban J connectivity index is 1.93. The summed E-state index contributed by atoms with van der Waals surface area (Å²) in [6.45, 7) is 0.600. The Bertz CT molecular complexity index is 839. The molecule has 2 aliphatic rings. The Kier molecular flexibility index (Phi) is 5.85. The number of sulfonamides is 1. The molecule has 1 unspecified atom stereocenters. The van der Waals surface area contributed by atoms with E-state index < -0.39 is 32.7 Å². The number of halogens is 3. The van der Waals surface area contributed by atoms with E-state index in [0.29, 0.717) is 13.1 Å². The van der Waals surface area contributed by atoms with Crippen LogP contribution in [0.25, 0.3) is 0 Å². The molecule has 2 saturated heterocycles. The summed E-state index contributed by atoms with van der Waals surface area (Å²) >= 11 is 0. The Morgan fingerprint density at radius 3 is 2.36 bits per heavy atom. The van der Waals surface area contributed by atoms with Crippen LogP contribution in [0, 0.1) is 16.0 Å². The van der Waals surface area contributed by atoms with E-state index in [1.807, 2.05) is 0 Å². The molecular formula is C17H22F3N3O4S. The molecule has 2 heterocycles. The third kappa shape index (κ3) is 4.24. The van der Waals surface area contributed by atoms with Gasteiger partial charge in [-0.05, 0) is 37.8 Å². The zero-order valence-electron chi connectivity index (χ0n) is 15.2. The summed E-state index contributed by atoms with van der Waals surface area (Å²) in [5, 5.41) is 11.5. The van der Waals surface area contributed by atoms with Crippen LogP contribution in [0.2, 0.25) is 0 Å². The standard InChI is InChI=1S/C17H22F3N3O4S/c18-17(19,20)13-5-4-8-21(12-13)15-7-6-14(11-16(15)23(24)25)28(26,27)22-9-2-1-3-10-22/h6-7,11,13H,1-5,8-10,12H2. The predicted molar refractivity (Wildman–Crippen MR) is 96.7 cm³/mol. The van der Waals surface area contributed by atoms with Gasteiger partial charge in [0.2, 0.25) is 10.0 Å². The summed E-state index contributed by atoms with van der Waals surface area (Å²) in [7, 11) is -3.87. The molecule has 2 fully saturated rings. The van der Waals surface area contributed by atoms with Gasteiger partial charge in [-0.3, -0.25) is 10.1 Å². The number of hydrogen-bond donors (Lipinski definition) is 0. The van der Waals surface area contributed by atoms with Gasteiger partial charge in [0.25, 0.3) is 5.69 Å². The van der Waals surface area contributed by atoms with Crippen LogP contribution in [0.4, 0.5) is 24.5 Å². The van der Waals surface area contributed by atoms with E-state index >= 15 is 0 Å². The average Bonchev–Trinajstić information content (AvgIpc) is 2.67. The van der Waals surface area contributed by atoms with Crippen LogP contribution >= 0.6 is 0 Å². The van der Waals surface area contributed by atoms with Gasteiger partial charge in [0.15, 0.2) is 0 Å². The van der Waals surface area contributed by atoms with Crippen molar-refractivity contribution in [1.29, 1.82) is 0 Å². The van der Waals surface area contributed by atoms with Crippen molar-refractivity contribution in [2.45, 2.75) is 43.2 Å². The molecule has 0 bridgehead atoms. The van der Waals surface area contributed by atoms with Crippen molar-refractivity contribution in [2.75, 3.05) is 31.1 Å². The van der Waals surface area contributed by atoms with Crippen LogP contribution in [0.15, 0.2) is 23.1 Å². The Labute approximate surface area is 161 Å². The van der Waals surface area contributed by atoms with Crippen LogP contribution in [-0.4, -0.2) is 50.0 Å². The van der Waals surface area contributed by atoms with Crippen LogP contribution in [0.1, 0.15) is 32.1 Å². The number of nitro groups is 1. The van der Waals surface area contributed by atoms with Crippen LogP contribution in [0.3, 0.4) is 0 Å². The summed E-state index contributed by atoms with van der Waals surface area (Å²) in [6.07, 6.45) is -1.74. The van der Waals surface area contributed by atoms with E-state index in [1.165, 1.54) is 21.3 Å². The minimum Gasteiger partial charge on any atom is -0.365 e. The summed E-state index contributed by atoms with van der Waals surface area (Å²) in [4.78, 5) is 11.9. The van der Waals surface area contributed by atoms with Crippen molar-refractivity contribution < 1.29 is 26.5 Å². The lowest BCUT2D eigenvalue weighted by Gasteiger charge is -2.35. The summed E-state index contributed by atoms with van der Waals surface area (Å²) in [5.74, 6) is -1.56. The van der Waals surface area contributed by atoms with E-state index in [-0.39, 0.29) is 36.5 Å². The normalized spacial score (nSPS) is 22.2. The largest absolute Gasteiger partial charge is 0.393 e. The van der Waals surface area contributed by atoms with E-state index in [0.717, 1.165) is 25.3 Å². The number of piperidine rings is 2. The maximum Gasteiger partial charge on any atom is 0.393 e. The van der Waals surface area contributed by atoms with Crippen LogP contribution in [0.5, 0.6) is 0 Å². The highest BCUT2D eigenvalue weighted by Gasteiger charge is 2.42. The summed E-state index contributed by atoms with van der Waals surface area (Å²) < 4.78 is 66.1. The number of hydrogen-bond acceptors (Lipinski definition) is 5. The van der Waals surface area contributed by atoms with Crippen molar-refractivity contribution >= 4 is 21.4 Å². The van der Waals surface area contributed by atoms with Gasteiger partial charge in [0.05, 0.1) is 15.7 Å². The van der Waals surface area contributed by atoms with Gasteiger partial charge in [0, 0.05) is 32.2 Å². The summed E-state index contributed by atoms with van der Waals surface area (Å²) in [5.41, 5.74) is -0.461. The molecule has 28 heavy (non-hydrogen) atoms. The number of alkyl halides is 3. The van der Waals surface area contributed by atoms with E-state index in [4.69, 9.17) is 0 Å². The fraction of sp³-hybridized carbons (Fsp3) is 0.647. The maximum atomic E-state index is 13.1. The highest BCUT2D eigenvalue weighted by molar-refractivity contribution is 7.89. The van der Waals surface area contributed by atoms with Gasteiger partial charge < -0.3 is 4.90 Å². The first kappa shape index (κ1) is 20.8. The van der Waals surface area contributed by atoms with Gasteiger partial charge in [-0.1, -0.05) is 6.42 Å². The quantitative estimate of drug-likeness (QED) is 0.548. The minimum absolute atomic E-state index is 0.0186. The number of rotatable bonds is 4. The highest BCUT2D eigenvalue weighted by atomic mass is 32.2. The van der Waals surface area contributed by atoms with Gasteiger partial charge in [-0.15, -0.1) is 0 Å². The first-order chi connectivity index (χ1) is 13.1. The second-order valence-corrected chi connectivity index (χ2v) is 9.14. The van der Waals surface area contributed by atoms with E-state index in [9.17, 15) is 31.7 Å². The lowest BCUT2D eigenvalue weighted by molar-refractivity contribution is -0.384. The third-order valence-electron chi connectivity index (χ3n) is 5.32. The lowest BCUT2D eigenvalue weighted by Crippen LogP contribution is -2.42. The molecule has 0 aliphatic carbocycles. The average molecular weight is 421 g/mol. The predicted octanol–water partition coefficient (Wildman–Crippen LogP) is 3.55. The van der Waals surface area contributed by atoms with E-state index in [1.54, 1.807) is 0 Å². The zero-order valence-corrected chi connectivity index (χ0v) is 16.0. The molecule has 7 nitrogen and oxygen atoms in total. The van der Waals surface area contributed by atoms with E-state index in [2.05, 4.69) is 0 Å². The van der Waals surface area contributed by atoms with Crippen LogP contribution < -0.4 is 4.90 Å². The number of anilines is 1. The Hall–Kier alpha value is -1.88. The number of benzene rings is 1. The molecule has 11 heteroatoms. The monoisotopic (exact) mass is 421 g/mol. The molecule has 2 aliphatic heterocycles. The SMILES string of the molecule is O=[N+]([O-])c1cc(S(=O)(=O)N2CCCCC2)ccc1N1CCCC(C(F)(F)F)C1. The van der Waals surface area contributed by atoms with Gasteiger partial charge in [0.1, 0.15) is 5.69 Å². The van der Waals surface area contributed by atoms with Crippen molar-refractivity contribution in [1.82, 2.24) is 4.31 Å². The molecule has 0 aromatic heterocycles.